The number of aryl methyl sites for hydroxylation is 1. The molecule has 2 unspecified atom stereocenters. The maximum Gasteiger partial charge on any atom is 0.240 e. The summed E-state index contributed by atoms with van der Waals surface area (Å²) >= 11 is 0. The molecule has 0 saturated carbocycles. The second-order valence-electron chi connectivity index (χ2n) is 7.54. The van der Waals surface area contributed by atoms with Crippen molar-refractivity contribution in [3.05, 3.63) is 65.7 Å². The molecule has 2 aromatic carbocycles. The summed E-state index contributed by atoms with van der Waals surface area (Å²) in [7, 11) is -3.62. The molecule has 1 heterocycles. The number of carbonyl (C=O) groups is 2. The first-order chi connectivity index (χ1) is 14.3. The maximum atomic E-state index is 12.5. The number of benzene rings is 2. The lowest BCUT2D eigenvalue weighted by molar-refractivity contribution is -0.130. The Morgan fingerprint density at radius 3 is 2.43 bits per heavy atom. The van der Waals surface area contributed by atoms with Gasteiger partial charge in [-0.3, -0.25) is 9.59 Å². The number of hydrogen-bond acceptors (Lipinski definition) is 4. The van der Waals surface area contributed by atoms with Gasteiger partial charge >= 0.3 is 0 Å². The van der Waals surface area contributed by atoms with Crippen LogP contribution in [0.1, 0.15) is 30.5 Å². The predicted molar refractivity (Wildman–Crippen MR) is 114 cm³/mol. The van der Waals surface area contributed by atoms with Crippen LogP contribution in [-0.2, 0) is 19.6 Å². The number of hydrogen-bond donors (Lipinski definition) is 2. The Balaban J connectivity index is 1.47. The first-order valence-electron chi connectivity index (χ1n) is 9.96. The predicted octanol–water partition coefficient (Wildman–Crippen LogP) is 2.00. The molecule has 2 aromatic rings. The summed E-state index contributed by atoms with van der Waals surface area (Å²) in [6.07, 6.45) is 0.165. The standard InChI is InChI=1S/C22H27N3O4S/c1-16-8-10-20(11-9-16)30(28,29)24-13-12-23-22(27)19-14-21(26)25(15-19)17(2)18-6-4-3-5-7-18/h3-11,17,19,24H,12-15H2,1-2H3,(H,23,27). The Hall–Kier alpha value is -2.71. The van der Waals surface area contributed by atoms with Crippen molar-refractivity contribution in [2.24, 2.45) is 5.92 Å². The number of amides is 2. The van der Waals surface area contributed by atoms with E-state index in [1.54, 1.807) is 29.2 Å². The van der Waals surface area contributed by atoms with Gasteiger partial charge in [0, 0.05) is 26.1 Å². The smallest absolute Gasteiger partial charge is 0.240 e. The van der Waals surface area contributed by atoms with Crippen LogP contribution in [0.4, 0.5) is 0 Å². The van der Waals surface area contributed by atoms with Crippen LogP contribution in [0.25, 0.3) is 0 Å². The second-order valence-corrected chi connectivity index (χ2v) is 9.30. The Kier molecular flexibility index (Phi) is 6.89. The van der Waals surface area contributed by atoms with Gasteiger partial charge in [0.15, 0.2) is 0 Å². The van der Waals surface area contributed by atoms with E-state index in [-0.39, 0.29) is 42.3 Å². The molecule has 0 aromatic heterocycles. The molecule has 2 N–H and O–H groups in total. The Labute approximate surface area is 177 Å². The van der Waals surface area contributed by atoms with Gasteiger partial charge in [-0.15, -0.1) is 0 Å². The molecule has 8 heteroatoms. The zero-order chi connectivity index (χ0) is 21.7. The third-order valence-electron chi connectivity index (χ3n) is 5.33. The molecule has 3 rings (SSSR count). The summed E-state index contributed by atoms with van der Waals surface area (Å²) in [5.41, 5.74) is 2.00. The zero-order valence-electron chi connectivity index (χ0n) is 17.2. The fraction of sp³-hybridized carbons (Fsp3) is 0.364. The molecular weight excluding hydrogens is 402 g/mol. The van der Waals surface area contributed by atoms with Crippen molar-refractivity contribution in [2.75, 3.05) is 19.6 Å². The number of likely N-dealkylation sites (tertiary alicyclic amines) is 1. The van der Waals surface area contributed by atoms with E-state index in [0.29, 0.717) is 6.54 Å². The minimum Gasteiger partial charge on any atom is -0.354 e. The number of sulfonamides is 1. The molecule has 1 aliphatic heterocycles. The van der Waals surface area contributed by atoms with E-state index in [4.69, 9.17) is 0 Å². The summed E-state index contributed by atoms with van der Waals surface area (Å²) in [6.45, 7) is 4.42. The van der Waals surface area contributed by atoms with Gasteiger partial charge in [0.05, 0.1) is 16.9 Å². The van der Waals surface area contributed by atoms with E-state index >= 15 is 0 Å². The zero-order valence-corrected chi connectivity index (χ0v) is 18.0. The van der Waals surface area contributed by atoms with Crippen LogP contribution in [0.5, 0.6) is 0 Å². The molecule has 7 nitrogen and oxygen atoms in total. The highest BCUT2D eigenvalue weighted by Gasteiger charge is 2.36. The quantitative estimate of drug-likeness (QED) is 0.628. The van der Waals surface area contributed by atoms with Gasteiger partial charge in [0.1, 0.15) is 0 Å². The Bertz CT molecular complexity index is 991. The maximum absolute atomic E-state index is 12.5. The van der Waals surface area contributed by atoms with E-state index in [1.165, 1.54) is 0 Å². The fourth-order valence-electron chi connectivity index (χ4n) is 3.51. The summed E-state index contributed by atoms with van der Waals surface area (Å²) in [5, 5.41) is 2.73. The molecule has 0 radical (unpaired) electrons. The highest BCUT2D eigenvalue weighted by Crippen LogP contribution is 2.28. The molecule has 30 heavy (non-hydrogen) atoms. The molecule has 1 aliphatic rings. The lowest BCUT2D eigenvalue weighted by Crippen LogP contribution is -2.38. The van der Waals surface area contributed by atoms with Crippen LogP contribution in [-0.4, -0.2) is 44.8 Å². The lowest BCUT2D eigenvalue weighted by atomic mass is 10.1. The Morgan fingerprint density at radius 2 is 1.77 bits per heavy atom. The van der Waals surface area contributed by atoms with Crippen LogP contribution in [0.3, 0.4) is 0 Å². The molecule has 0 aliphatic carbocycles. The van der Waals surface area contributed by atoms with Gasteiger partial charge in [-0.2, -0.15) is 0 Å². The Morgan fingerprint density at radius 1 is 1.10 bits per heavy atom. The van der Waals surface area contributed by atoms with E-state index in [0.717, 1.165) is 11.1 Å². The van der Waals surface area contributed by atoms with Gasteiger partial charge < -0.3 is 10.2 Å². The van der Waals surface area contributed by atoms with Gasteiger partial charge in [0.25, 0.3) is 0 Å². The van der Waals surface area contributed by atoms with Gasteiger partial charge in [-0.25, -0.2) is 13.1 Å². The molecule has 1 saturated heterocycles. The van der Waals surface area contributed by atoms with Crippen LogP contribution < -0.4 is 10.0 Å². The van der Waals surface area contributed by atoms with Gasteiger partial charge in [-0.05, 0) is 31.5 Å². The molecule has 2 atom stereocenters. The summed E-state index contributed by atoms with van der Waals surface area (Å²) < 4.78 is 27.0. The first-order valence-corrected chi connectivity index (χ1v) is 11.4. The number of rotatable bonds is 8. The number of nitrogens with zero attached hydrogens (tertiary/aromatic N) is 1. The van der Waals surface area contributed by atoms with E-state index in [2.05, 4.69) is 10.0 Å². The summed E-state index contributed by atoms with van der Waals surface area (Å²) in [5.74, 6) is -0.718. The molecule has 0 spiro atoms. The minimum absolute atomic E-state index is 0.0495. The highest BCUT2D eigenvalue weighted by atomic mass is 32.2. The third-order valence-corrected chi connectivity index (χ3v) is 6.80. The van der Waals surface area contributed by atoms with Gasteiger partial charge in [-0.1, -0.05) is 48.0 Å². The minimum atomic E-state index is -3.62. The summed E-state index contributed by atoms with van der Waals surface area (Å²) in [6, 6.07) is 16.2. The SMILES string of the molecule is Cc1ccc(S(=O)(=O)NCCNC(=O)C2CC(=O)N(C(C)c3ccccc3)C2)cc1. The second kappa shape index (κ2) is 9.40. The largest absolute Gasteiger partial charge is 0.354 e. The topological polar surface area (TPSA) is 95.6 Å². The first kappa shape index (κ1) is 22.0. The van der Waals surface area contributed by atoms with Crippen molar-refractivity contribution in [2.45, 2.75) is 31.2 Å². The monoisotopic (exact) mass is 429 g/mol. The van der Waals surface area contributed by atoms with Crippen molar-refractivity contribution < 1.29 is 18.0 Å². The van der Waals surface area contributed by atoms with E-state index < -0.39 is 15.9 Å². The molecule has 1 fully saturated rings. The van der Waals surface area contributed by atoms with E-state index in [9.17, 15) is 18.0 Å². The van der Waals surface area contributed by atoms with Crippen LogP contribution in [0.2, 0.25) is 0 Å². The average molecular weight is 430 g/mol. The van der Waals surface area contributed by atoms with Crippen molar-refractivity contribution in [3.63, 3.8) is 0 Å². The highest BCUT2D eigenvalue weighted by molar-refractivity contribution is 7.89. The average Bonchev–Trinajstić information content (AvgIpc) is 3.13. The number of carbonyl (C=O) groups excluding carboxylic acids is 2. The van der Waals surface area contributed by atoms with Gasteiger partial charge in [0.2, 0.25) is 21.8 Å². The molecule has 160 valence electrons. The van der Waals surface area contributed by atoms with E-state index in [1.807, 2.05) is 44.2 Å². The van der Waals surface area contributed by atoms with Crippen molar-refractivity contribution >= 4 is 21.8 Å². The summed E-state index contributed by atoms with van der Waals surface area (Å²) in [4.78, 5) is 26.8. The molecular formula is C22H27N3O4S. The van der Waals surface area contributed by atoms with Crippen molar-refractivity contribution in [1.29, 1.82) is 0 Å². The third kappa shape index (κ3) is 5.25. The normalized spacial score (nSPS) is 17.7. The number of nitrogens with one attached hydrogen (secondary N) is 2. The molecule has 0 bridgehead atoms. The van der Waals surface area contributed by atoms with Crippen molar-refractivity contribution in [3.8, 4) is 0 Å². The van der Waals surface area contributed by atoms with Crippen LogP contribution in [0.15, 0.2) is 59.5 Å². The fourth-order valence-corrected chi connectivity index (χ4v) is 4.54. The van der Waals surface area contributed by atoms with Crippen LogP contribution in [0, 0.1) is 12.8 Å². The molecule has 2 amide bonds. The van der Waals surface area contributed by atoms with Crippen molar-refractivity contribution in [1.82, 2.24) is 14.9 Å². The lowest BCUT2D eigenvalue weighted by Gasteiger charge is -2.25. The van der Waals surface area contributed by atoms with Crippen LogP contribution >= 0.6 is 0 Å².